The standard InChI is InChI=1S/C20H22N2O6S/c1-4-10-27-19(23)12-22-17-9-8-15(11-18(17)28-20(22)24)29(25,26)21-16-7-5-6-13(2)14(16)3/h5-9,11,21H,4,10,12H2,1-3H3. The van der Waals surface area contributed by atoms with Crippen molar-refractivity contribution < 1.29 is 22.4 Å². The number of nitrogens with one attached hydrogen (secondary N) is 1. The summed E-state index contributed by atoms with van der Waals surface area (Å²) in [6.45, 7) is 5.53. The first kappa shape index (κ1) is 20.7. The predicted molar refractivity (Wildman–Crippen MR) is 108 cm³/mol. The lowest BCUT2D eigenvalue weighted by atomic mass is 10.1. The van der Waals surface area contributed by atoms with Gasteiger partial charge in [-0.15, -0.1) is 0 Å². The van der Waals surface area contributed by atoms with E-state index in [-0.39, 0.29) is 23.6 Å². The molecular weight excluding hydrogens is 396 g/mol. The Morgan fingerprint density at radius 2 is 1.97 bits per heavy atom. The lowest BCUT2D eigenvalue weighted by Crippen LogP contribution is -2.21. The summed E-state index contributed by atoms with van der Waals surface area (Å²) in [7, 11) is -3.90. The van der Waals surface area contributed by atoms with Crippen LogP contribution < -0.4 is 10.5 Å². The van der Waals surface area contributed by atoms with E-state index < -0.39 is 21.7 Å². The van der Waals surface area contributed by atoms with Crippen LogP contribution in [0.4, 0.5) is 5.69 Å². The molecule has 0 saturated heterocycles. The molecule has 154 valence electrons. The maximum absolute atomic E-state index is 12.8. The highest BCUT2D eigenvalue weighted by Crippen LogP contribution is 2.24. The molecule has 0 bridgehead atoms. The molecule has 0 amide bonds. The van der Waals surface area contributed by atoms with Crippen LogP contribution in [-0.4, -0.2) is 25.6 Å². The molecule has 1 aromatic heterocycles. The smallest absolute Gasteiger partial charge is 0.420 e. The van der Waals surface area contributed by atoms with E-state index >= 15 is 0 Å². The van der Waals surface area contributed by atoms with E-state index in [9.17, 15) is 18.0 Å². The molecule has 0 fully saturated rings. The zero-order chi connectivity index (χ0) is 21.2. The molecule has 0 aliphatic rings. The van der Waals surface area contributed by atoms with Gasteiger partial charge in [0, 0.05) is 6.07 Å². The summed E-state index contributed by atoms with van der Waals surface area (Å²) in [6.07, 6.45) is 0.668. The number of hydrogen-bond donors (Lipinski definition) is 1. The number of esters is 1. The van der Waals surface area contributed by atoms with Crippen LogP contribution in [0.25, 0.3) is 11.1 Å². The van der Waals surface area contributed by atoms with Crippen LogP contribution in [0, 0.1) is 13.8 Å². The molecule has 0 aliphatic carbocycles. The monoisotopic (exact) mass is 418 g/mol. The van der Waals surface area contributed by atoms with E-state index in [1.807, 2.05) is 26.8 Å². The molecule has 0 saturated carbocycles. The number of carbonyl (C=O) groups is 1. The van der Waals surface area contributed by atoms with Gasteiger partial charge in [-0.3, -0.25) is 14.1 Å². The summed E-state index contributed by atoms with van der Waals surface area (Å²) in [5, 5.41) is 0. The Kier molecular flexibility index (Phi) is 5.78. The van der Waals surface area contributed by atoms with Gasteiger partial charge in [0.25, 0.3) is 10.0 Å². The van der Waals surface area contributed by atoms with E-state index in [1.165, 1.54) is 18.2 Å². The minimum atomic E-state index is -3.90. The third kappa shape index (κ3) is 4.34. The van der Waals surface area contributed by atoms with Crippen molar-refractivity contribution in [3.63, 3.8) is 0 Å². The Labute approximate surface area is 168 Å². The molecule has 3 aromatic rings. The second-order valence-corrected chi connectivity index (χ2v) is 8.34. The molecule has 0 unspecified atom stereocenters. The van der Waals surface area contributed by atoms with E-state index in [0.717, 1.165) is 15.7 Å². The largest absolute Gasteiger partial charge is 0.464 e. The molecule has 3 rings (SSSR count). The zero-order valence-electron chi connectivity index (χ0n) is 16.4. The Morgan fingerprint density at radius 3 is 2.69 bits per heavy atom. The van der Waals surface area contributed by atoms with Crippen LogP contribution >= 0.6 is 0 Å². The summed E-state index contributed by atoms with van der Waals surface area (Å²) >= 11 is 0. The third-order valence-electron chi connectivity index (χ3n) is 4.55. The zero-order valence-corrected chi connectivity index (χ0v) is 17.2. The van der Waals surface area contributed by atoms with Gasteiger partial charge in [-0.05, 0) is 49.6 Å². The van der Waals surface area contributed by atoms with Crippen molar-refractivity contribution in [2.75, 3.05) is 11.3 Å². The number of aryl methyl sites for hydroxylation is 1. The second kappa shape index (κ2) is 8.12. The van der Waals surface area contributed by atoms with Crippen molar-refractivity contribution in [1.82, 2.24) is 4.57 Å². The highest BCUT2D eigenvalue weighted by molar-refractivity contribution is 7.92. The number of fused-ring (bicyclic) bond motifs is 1. The van der Waals surface area contributed by atoms with Gasteiger partial charge >= 0.3 is 11.7 Å². The van der Waals surface area contributed by atoms with Crippen molar-refractivity contribution in [1.29, 1.82) is 0 Å². The molecule has 29 heavy (non-hydrogen) atoms. The van der Waals surface area contributed by atoms with Gasteiger partial charge in [0.05, 0.1) is 22.7 Å². The fraction of sp³-hybridized carbons (Fsp3) is 0.300. The molecular formula is C20H22N2O6S. The molecule has 0 aliphatic heterocycles. The minimum absolute atomic E-state index is 0.0552. The maximum atomic E-state index is 12.8. The minimum Gasteiger partial charge on any atom is -0.464 e. The van der Waals surface area contributed by atoms with Gasteiger partial charge in [0.1, 0.15) is 6.54 Å². The molecule has 1 heterocycles. The number of ether oxygens (including phenoxy) is 1. The number of sulfonamides is 1. The SMILES string of the molecule is CCCOC(=O)Cn1c(=O)oc2cc(S(=O)(=O)Nc3cccc(C)c3C)ccc21. The van der Waals surface area contributed by atoms with Crippen molar-refractivity contribution >= 4 is 32.8 Å². The average Bonchev–Trinajstić information content (AvgIpc) is 2.98. The summed E-state index contributed by atoms with van der Waals surface area (Å²) in [4.78, 5) is 23.9. The highest BCUT2D eigenvalue weighted by atomic mass is 32.2. The first-order valence-corrected chi connectivity index (χ1v) is 10.6. The number of oxazole rings is 1. The normalized spacial score (nSPS) is 11.6. The Balaban J connectivity index is 1.92. The lowest BCUT2D eigenvalue weighted by Gasteiger charge is -2.12. The molecule has 0 spiro atoms. The summed E-state index contributed by atoms with van der Waals surface area (Å²) in [5.41, 5.74) is 2.64. The molecule has 0 atom stereocenters. The summed E-state index contributed by atoms with van der Waals surface area (Å²) in [6, 6.07) is 9.39. The fourth-order valence-electron chi connectivity index (χ4n) is 2.82. The van der Waals surface area contributed by atoms with Crippen LogP contribution in [0.15, 0.2) is 50.5 Å². The van der Waals surface area contributed by atoms with Crippen LogP contribution in [0.2, 0.25) is 0 Å². The topological polar surface area (TPSA) is 108 Å². The number of benzene rings is 2. The fourth-order valence-corrected chi connectivity index (χ4v) is 3.96. The predicted octanol–water partition coefficient (Wildman–Crippen LogP) is 2.97. The number of aromatic nitrogens is 1. The van der Waals surface area contributed by atoms with Gasteiger partial charge in [-0.1, -0.05) is 19.1 Å². The average molecular weight is 418 g/mol. The van der Waals surface area contributed by atoms with Crippen molar-refractivity contribution in [3.8, 4) is 0 Å². The molecule has 0 radical (unpaired) electrons. The number of nitrogens with zero attached hydrogens (tertiary/aromatic N) is 1. The van der Waals surface area contributed by atoms with Crippen molar-refractivity contribution in [2.24, 2.45) is 0 Å². The number of hydrogen-bond acceptors (Lipinski definition) is 6. The molecule has 9 heteroatoms. The third-order valence-corrected chi connectivity index (χ3v) is 5.92. The number of carbonyl (C=O) groups excluding carboxylic acids is 1. The van der Waals surface area contributed by atoms with Crippen molar-refractivity contribution in [2.45, 2.75) is 38.6 Å². The lowest BCUT2D eigenvalue weighted by molar-refractivity contribution is -0.144. The van der Waals surface area contributed by atoms with Gasteiger partial charge in [0.15, 0.2) is 5.58 Å². The van der Waals surface area contributed by atoms with Gasteiger partial charge in [0.2, 0.25) is 0 Å². The summed E-state index contributed by atoms with van der Waals surface area (Å²) < 4.78 is 39.4. The molecule has 8 nitrogen and oxygen atoms in total. The van der Waals surface area contributed by atoms with E-state index in [4.69, 9.17) is 9.15 Å². The second-order valence-electron chi connectivity index (χ2n) is 6.66. The maximum Gasteiger partial charge on any atom is 0.420 e. The first-order chi connectivity index (χ1) is 13.7. The number of rotatable bonds is 7. The van der Waals surface area contributed by atoms with Crippen LogP contribution in [0.3, 0.4) is 0 Å². The van der Waals surface area contributed by atoms with Crippen LogP contribution in [0.5, 0.6) is 0 Å². The summed E-state index contributed by atoms with van der Waals surface area (Å²) in [5.74, 6) is -1.32. The van der Waals surface area contributed by atoms with E-state index in [1.54, 1.807) is 12.1 Å². The number of anilines is 1. The van der Waals surface area contributed by atoms with Crippen LogP contribution in [-0.2, 0) is 26.1 Å². The van der Waals surface area contributed by atoms with Gasteiger partial charge in [-0.25, -0.2) is 13.2 Å². The quantitative estimate of drug-likeness (QED) is 0.591. The van der Waals surface area contributed by atoms with Gasteiger partial charge < -0.3 is 9.15 Å². The van der Waals surface area contributed by atoms with Crippen LogP contribution in [0.1, 0.15) is 24.5 Å². The Hall–Kier alpha value is -3.07. The van der Waals surface area contributed by atoms with E-state index in [2.05, 4.69) is 4.72 Å². The molecule has 1 N–H and O–H groups in total. The Morgan fingerprint density at radius 1 is 1.21 bits per heavy atom. The highest BCUT2D eigenvalue weighted by Gasteiger charge is 2.20. The van der Waals surface area contributed by atoms with E-state index in [0.29, 0.717) is 17.6 Å². The first-order valence-electron chi connectivity index (χ1n) is 9.11. The molecule has 2 aromatic carbocycles. The van der Waals surface area contributed by atoms with Crippen molar-refractivity contribution in [3.05, 3.63) is 58.1 Å². The van der Waals surface area contributed by atoms with Gasteiger partial charge in [-0.2, -0.15) is 0 Å². The Bertz CT molecular complexity index is 1220.